The summed E-state index contributed by atoms with van der Waals surface area (Å²) < 4.78 is 30.2. The zero-order valence-electron chi connectivity index (χ0n) is 17.5. The van der Waals surface area contributed by atoms with Gasteiger partial charge < -0.3 is 9.64 Å². The number of fused-ring (bicyclic) bond motifs is 1. The standard InChI is InChI=1S/C24H28N2O3S.ClH/c1-25(19-20-11-4-2-5-12-20)18-10-17-24-29-23-16-9-8-15-22(23)26(30(24,27)28)21-13-6-3-7-14-21;/h2-9,11-16,24,27-28H,10,17-19H2,1H3;1H. The predicted octanol–water partition coefficient (Wildman–Crippen LogP) is 6.54. The number of ether oxygens (including phenoxy) is 1. The maximum Gasteiger partial charge on any atom is 0.206 e. The zero-order valence-corrected chi connectivity index (χ0v) is 19.1. The summed E-state index contributed by atoms with van der Waals surface area (Å²) in [6, 6.07) is 27.4. The molecule has 3 aromatic rings. The Labute approximate surface area is 192 Å². The normalized spacial score (nSPS) is 17.9. The van der Waals surface area contributed by atoms with Gasteiger partial charge in [-0.3, -0.25) is 9.11 Å². The molecule has 0 aromatic heterocycles. The molecule has 1 aliphatic heterocycles. The van der Waals surface area contributed by atoms with Crippen LogP contribution in [0.2, 0.25) is 0 Å². The van der Waals surface area contributed by atoms with E-state index in [1.54, 1.807) is 4.31 Å². The van der Waals surface area contributed by atoms with Crippen LogP contribution in [0.5, 0.6) is 5.75 Å². The van der Waals surface area contributed by atoms with Gasteiger partial charge in [0.2, 0.25) is 5.44 Å². The fourth-order valence-electron chi connectivity index (χ4n) is 3.77. The molecule has 0 fully saturated rings. The second-order valence-electron chi connectivity index (χ2n) is 7.57. The van der Waals surface area contributed by atoms with Crippen molar-refractivity contribution in [1.29, 1.82) is 0 Å². The fraction of sp³-hybridized carbons (Fsp3) is 0.250. The first-order valence-electron chi connectivity index (χ1n) is 10.2. The summed E-state index contributed by atoms with van der Waals surface area (Å²) in [5, 5.41) is 0. The molecule has 1 unspecified atom stereocenters. The van der Waals surface area contributed by atoms with Crippen LogP contribution in [0, 0.1) is 0 Å². The smallest absolute Gasteiger partial charge is 0.206 e. The molecule has 0 amide bonds. The molecule has 0 spiro atoms. The van der Waals surface area contributed by atoms with Gasteiger partial charge in [0.1, 0.15) is 11.4 Å². The Morgan fingerprint density at radius 2 is 1.52 bits per heavy atom. The molecule has 7 heteroatoms. The number of rotatable bonds is 7. The molecule has 166 valence electrons. The van der Waals surface area contributed by atoms with E-state index in [4.69, 9.17) is 4.74 Å². The van der Waals surface area contributed by atoms with Crippen molar-refractivity contribution in [2.75, 3.05) is 17.9 Å². The van der Waals surface area contributed by atoms with Crippen molar-refractivity contribution >= 4 is 34.6 Å². The van der Waals surface area contributed by atoms with E-state index >= 15 is 0 Å². The number of para-hydroxylation sites is 3. The fourth-order valence-corrected chi connectivity index (χ4v) is 5.59. The monoisotopic (exact) mass is 460 g/mol. The van der Waals surface area contributed by atoms with E-state index in [0.717, 1.165) is 25.2 Å². The number of hydrogen-bond acceptors (Lipinski definition) is 5. The van der Waals surface area contributed by atoms with Crippen LogP contribution in [-0.2, 0) is 6.54 Å². The number of anilines is 2. The van der Waals surface area contributed by atoms with Gasteiger partial charge in [0.15, 0.2) is 0 Å². The molecular formula is C24H29ClN2O3S. The molecular weight excluding hydrogens is 432 g/mol. The quantitative estimate of drug-likeness (QED) is 0.419. The molecule has 4 rings (SSSR count). The Balaban J connectivity index is 0.00000272. The highest BCUT2D eigenvalue weighted by atomic mass is 35.5. The highest BCUT2D eigenvalue weighted by Gasteiger charge is 2.40. The molecule has 0 aliphatic carbocycles. The van der Waals surface area contributed by atoms with Gasteiger partial charge in [-0.15, -0.1) is 12.4 Å². The number of benzene rings is 3. The number of halogens is 1. The minimum atomic E-state index is -3.20. The second-order valence-corrected chi connectivity index (χ2v) is 9.59. The van der Waals surface area contributed by atoms with Gasteiger partial charge in [0.05, 0.1) is 5.69 Å². The maximum absolute atomic E-state index is 11.2. The van der Waals surface area contributed by atoms with Crippen molar-refractivity contribution in [2.45, 2.75) is 24.8 Å². The summed E-state index contributed by atoms with van der Waals surface area (Å²) in [6.45, 7) is 1.71. The van der Waals surface area contributed by atoms with Crippen LogP contribution in [0.4, 0.5) is 11.4 Å². The Hall–Kier alpha value is -2.22. The minimum Gasteiger partial charge on any atom is -0.467 e. The Bertz CT molecular complexity index is 959. The van der Waals surface area contributed by atoms with Crippen LogP contribution in [-0.4, -0.2) is 33.0 Å². The average molecular weight is 461 g/mol. The van der Waals surface area contributed by atoms with Gasteiger partial charge in [-0.05, 0) is 49.8 Å². The van der Waals surface area contributed by atoms with Crippen molar-refractivity contribution in [3.8, 4) is 5.75 Å². The van der Waals surface area contributed by atoms with E-state index in [9.17, 15) is 9.11 Å². The third-order valence-corrected chi connectivity index (χ3v) is 7.21. The minimum absolute atomic E-state index is 0. The first-order chi connectivity index (χ1) is 14.6. The molecule has 3 aromatic carbocycles. The van der Waals surface area contributed by atoms with Crippen molar-refractivity contribution in [1.82, 2.24) is 4.90 Å². The lowest BCUT2D eigenvalue weighted by molar-refractivity contribution is 0.223. The third-order valence-electron chi connectivity index (χ3n) is 5.23. The average Bonchev–Trinajstić information content (AvgIpc) is 2.75. The lowest BCUT2D eigenvalue weighted by atomic mass is 10.2. The summed E-state index contributed by atoms with van der Waals surface area (Å²) >= 11 is 0. The van der Waals surface area contributed by atoms with Crippen LogP contribution in [0.3, 0.4) is 0 Å². The van der Waals surface area contributed by atoms with E-state index in [2.05, 4.69) is 24.1 Å². The number of hydrogen-bond donors (Lipinski definition) is 2. The molecule has 0 bridgehead atoms. The molecule has 1 aliphatic rings. The summed E-state index contributed by atoms with van der Waals surface area (Å²) in [5.41, 5.74) is 2.01. The van der Waals surface area contributed by atoms with E-state index in [1.165, 1.54) is 5.56 Å². The van der Waals surface area contributed by atoms with Crippen molar-refractivity contribution in [2.24, 2.45) is 0 Å². The summed E-state index contributed by atoms with van der Waals surface area (Å²) in [5.74, 6) is 0.676. The highest BCUT2D eigenvalue weighted by Crippen LogP contribution is 2.61. The first-order valence-corrected chi connectivity index (χ1v) is 11.7. The largest absolute Gasteiger partial charge is 0.467 e. The molecule has 2 N–H and O–H groups in total. The Morgan fingerprint density at radius 3 is 2.23 bits per heavy atom. The van der Waals surface area contributed by atoms with Crippen LogP contribution in [0.15, 0.2) is 84.9 Å². The van der Waals surface area contributed by atoms with Crippen LogP contribution < -0.4 is 9.04 Å². The molecule has 1 atom stereocenters. The number of nitrogens with zero attached hydrogens (tertiary/aromatic N) is 2. The van der Waals surface area contributed by atoms with Crippen molar-refractivity contribution in [3.63, 3.8) is 0 Å². The molecule has 0 saturated carbocycles. The summed E-state index contributed by atoms with van der Waals surface area (Å²) in [4.78, 5) is 2.24. The van der Waals surface area contributed by atoms with Gasteiger partial charge in [0.25, 0.3) is 0 Å². The predicted molar refractivity (Wildman–Crippen MR) is 132 cm³/mol. The van der Waals surface area contributed by atoms with E-state index in [-0.39, 0.29) is 12.4 Å². The molecule has 1 heterocycles. The Kier molecular flexibility index (Phi) is 7.86. The first kappa shape index (κ1) is 23.4. The third kappa shape index (κ3) is 5.34. The van der Waals surface area contributed by atoms with Crippen LogP contribution >= 0.6 is 23.2 Å². The van der Waals surface area contributed by atoms with Crippen molar-refractivity contribution in [3.05, 3.63) is 90.5 Å². The van der Waals surface area contributed by atoms with Gasteiger partial charge >= 0.3 is 0 Å². The molecule has 0 saturated heterocycles. The van der Waals surface area contributed by atoms with Crippen molar-refractivity contribution < 1.29 is 13.8 Å². The molecule has 31 heavy (non-hydrogen) atoms. The van der Waals surface area contributed by atoms with Gasteiger partial charge in [-0.2, -0.15) is 0 Å². The highest BCUT2D eigenvalue weighted by molar-refractivity contribution is 8.26. The molecule has 0 radical (unpaired) electrons. The lowest BCUT2D eigenvalue weighted by Crippen LogP contribution is -2.39. The van der Waals surface area contributed by atoms with E-state index < -0.39 is 16.2 Å². The summed E-state index contributed by atoms with van der Waals surface area (Å²) in [7, 11) is -1.11. The molecule has 5 nitrogen and oxygen atoms in total. The van der Waals surface area contributed by atoms with Crippen LogP contribution in [0.1, 0.15) is 18.4 Å². The topological polar surface area (TPSA) is 56.2 Å². The summed E-state index contributed by atoms with van der Waals surface area (Å²) in [6.07, 6.45) is 1.35. The Morgan fingerprint density at radius 1 is 0.903 bits per heavy atom. The zero-order chi connectivity index (χ0) is 21.0. The van der Waals surface area contributed by atoms with Crippen LogP contribution in [0.25, 0.3) is 0 Å². The van der Waals surface area contributed by atoms with E-state index in [0.29, 0.717) is 17.9 Å². The maximum atomic E-state index is 11.2. The van der Waals surface area contributed by atoms with E-state index in [1.807, 2.05) is 72.8 Å². The van der Waals surface area contributed by atoms with Gasteiger partial charge in [0, 0.05) is 13.0 Å². The van der Waals surface area contributed by atoms with Gasteiger partial charge in [-0.25, -0.2) is 4.31 Å². The second kappa shape index (κ2) is 10.4. The van der Waals surface area contributed by atoms with Gasteiger partial charge in [-0.1, -0.05) is 71.4 Å². The lowest BCUT2D eigenvalue weighted by Gasteiger charge is -2.51. The SMILES string of the molecule is CN(CCCC1Oc2ccccc2N(c2ccccc2)S1(O)O)Cc1ccccc1.Cl.